The van der Waals surface area contributed by atoms with E-state index in [4.69, 9.17) is 19.9 Å². The number of ether oxygens (including phenoxy) is 3. The van der Waals surface area contributed by atoms with Crippen molar-refractivity contribution < 1.29 is 19.0 Å². The first-order chi connectivity index (χ1) is 12.1. The van der Waals surface area contributed by atoms with Gasteiger partial charge in [-0.1, -0.05) is 6.07 Å². The Balaban J connectivity index is 2.24. The van der Waals surface area contributed by atoms with E-state index in [9.17, 15) is 4.79 Å². The minimum atomic E-state index is -0.324. The van der Waals surface area contributed by atoms with Crippen LogP contribution in [0.2, 0.25) is 0 Å². The third-order valence-electron chi connectivity index (χ3n) is 3.80. The maximum Gasteiger partial charge on any atom is 0.319 e. The van der Waals surface area contributed by atoms with Gasteiger partial charge in [-0.25, -0.2) is 0 Å². The Kier molecular flexibility index (Phi) is 6.59. The number of carbonyl (C=O) groups excluding carboxylic acids is 1. The summed E-state index contributed by atoms with van der Waals surface area (Å²) >= 11 is 0. The monoisotopic (exact) mass is 345 g/mol. The summed E-state index contributed by atoms with van der Waals surface area (Å²) in [6.45, 7) is 1.07. The molecule has 2 N–H and O–H groups in total. The Morgan fingerprint density at radius 1 is 1.12 bits per heavy atom. The number of pyridine rings is 1. The van der Waals surface area contributed by atoms with Gasteiger partial charge < -0.3 is 19.9 Å². The normalized spacial score (nSPS) is 10.6. The lowest BCUT2D eigenvalue weighted by atomic mass is 10.1. The molecule has 0 unspecified atom stereocenters. The number of nitrogen functional groups attached to an aromatic ring is 1. The minimum absolute atomic E-state index is 0.125. The van der Waals surface area contributed by atoms with Crippen molar-refractivity contribution in [3.05, 3.63) is 47.8 Å². The van der Waals surface area contributed by atoms with Crippen molar-refractivity contribution in [3.8, 4) is 11.5 Å². The lowest BCUT2D eigenvalue weighted by molar-refractivity contribution is -0.142. The van der Waals surface area contributed by atoms with Crippen LogP contribution < -0.4 is 15.2 Å². The highest BCUT2D eigenvalue weighted by molar-refractivity contribution is 5.71. The third kappa shape index (κ3) is 5.09. The van der Waals surface area contributed by atoms with E-state index in [1.807, 2.05) is 23.1 Å². The van der Waals surface area contributed by atoms with Crippen molar-refractivity contribution in [1.29, 1.82) is 0 Å². The molecule has 1 heterocycles. The second-order valence-corrected chi connectivity index (χ2v) is 5.47. The van der Waals surface area contributed by atoms with Crippen LogP contribution in [0.5, 0.6) is 11.5 Å². The second kappa shape index (κ2) is 8.89. The zero-order valence-electron chi connectivity index (χ0n) is 14.7. The van der Waals surface area contributed by atoms with Gasteiger partial charge in [-0.3, -0.25) is 14.7 Å². The molecule has 0 aliphatic heterocycles. The zero-order valence-corrected chi connectivity index (χ0v) is 14.7. The largest absolute Gasteiger partial charge is 0.497 e. The van der Waals surface area contributed by atoms with Crippen molar-refractivity contribution in [2.24, 2.45) is 0 Å². The number of hydrogen-bond acceptors (Lipinski definition) is 7. The molecular weight excluding hydrogens is 322 g/mol. The van der Waals surface area contributed by atoms with Gasteiger partial charge in [0.15, 0.2) is 0 Å². The minimum Gasteiger partial charge on any atom is -0.497 e. The van der Waals surface area contributed by atoms with E-state index in [0.29, 0.717) is 30.3 Å². The average molecular weight is 345 g/mol. The van der Waals surface area contributed by atoms with Crippen LogP contribution in [-0.4, -0.2) is 43.7 Å². The smallest absolute Gasteiger partial charge is 0.319 e. The molecular formula is C18H23N3O4. The van der Waals surface area contributed by atoms with E-state index in [1.54, 1.807) is 32.7 Å². The van der Waals surface area contributed by atoms with Crippen LogP contribution in [0.3, 0.4) is 0 Å². The Morgan fingerprint density at radius 2 is 1.88 bits per heavy atom. The number of nitrogens with two attached hydrogens (primary N) is 1. The highest BCUT2D eigenvalue weighted by Crippen LogP contribution is 2.26. The predicted octanol–water partition coefficient (Wildman–Crippen LogP) is 1.86. The quantitative estimate of drug-likeness (QED) is 0.731. The molecule has 0 radical (unpaired) electrons. The fourth-order valence-corrected chi connectivity index (χ4v) is 2.45. The molecule has 0 atom stereocenters. The SMILES string of the molecule is COC(=O)CN(Cc1cnccc1N)Cc1ccc(OC)cc1OC. The van der Waals surface area contributed by atoms with Gasteiger partial charge >= 0.3 is 5.97 Å². The number of benzene rings is 1. The molecule has 0 aliphatic rings. The van der Waals surface area contributed by atoms with Crippen molar-refractivity contribution in [2.75, 3.05) is 33.6 Å². The van der Waals surface area contributed by atoms with Crippen molar-refractivity contribution in [1.82, 2.24) is 9.88 Å². The van der Waals surface area contributed by atoms with Gasteiger partial charge in [-0.05, 0) is 12.1 Å². The number of hydrogen-bond donors (Lipinski definition) is 1. The summed E-state index contributed by atoms with van der Waals surface area (Å²) in [6, 6.07) is 7.31. The van der Waals surface area contributed by atoms with Gasteiger partial charge in [0.05, 0.1) is 27.9 Å². The molecule has 0 fully saturated rings. The molecule has 2 rings (SSSR count). The van der Waals surface area contributed by atoms with Crippen LogP contribution in [0.4, 0.5) is 5.69 Å². The molecule has 2 aromatic rings. The summed E-state index contributed by atoms with van der Waals surface area (Å²) in [5.41, 5.74) is 8.40. The van der Waals surface area contributed by atoms with Gasteiger partial charge in [-0.15, -0.1) is 0 Å². The van der Waals surface area contributed by atoms with Crippen molar-refractivity contribution in [2.45, 2.75) is 13.1 Å². The maximum absolute atomic E-state index is 11.8. The molecule has 0 saturated heterocycles. The van der Waals surface area contributed by atoms with E-state index < -0.39 is 0 Å². The lowest BCUT2D eigenvalue weighted by Gasteiger charge is -2.23. The standard InChI is InChI=1S/C18H23N3O4/c1-23-15-5-4-13(17(8-15)24-2)10-21(12-18(22)25-3)11-14-9-20-7-6-16(14)19/h4-9H,10-12H2,1-3H3,(H2,19,20). The van der Waals surface area contributed by atoms with E-state index >= 15 is 0 Å². The van der Waals surface area contributed by atoms with E-state index in [1.165, 1.54) is 7.11 Å². The van der Waals surface area contributed by atoms with Crippen LogP contribution in [0, 0.1) is 0 Å². The summed E-state index contributed by atoms with van der Waals surface area (Å²) < 4.78 is 15.5. The van der Waals surface area contributed by atoms with Gasteiger partial charge in [-0.2, -0.15) is 0 Å². The van der Waals surface area contributed by atoms with Crippen LogP contribution in [-0.2, 0) is 22.6 Å². The molecule has 0 amide bonds. The fraction of sp³-hybridized carbons (Fsp3) is 0.333. The molecule has 1 aromatic carbocycles. The van der Waals surface area contributed by atoms with Crippen LogP contribution in [0.15, 0.2) is 36.7 Å². The van der Waals surface area contributed by atoms with Crippen LogP contribution >= 0.6 is 0 Å². The summed E-state index contributed by atoms with van der Waals surface area (Å²) in [6.07, 6.45) is 3.33. The Labute approximate surface area is 147 Å². The topological polar surface area (TPSA) is 86.9 Å². The predicted molar refractivity (Wildman–Crippen MR) is 94.3 cm³/mol. The molecule has 134 valence electrons. The highest BCUT2D eigenvalue weighted by atomic mass is 16.5. The Morgan fingerprint density at radius 3 is 2.52 bits per heavy atom. The highest BCUT2D eigenvalue weighted by Gasteiger charge is 2.16. The van der Waals surface area contributed by atoms with Gasteiger partial charge in [0, 0.05) is 48.4 Å². The zero-order chi connectivity index (χ0) is 18.2. The van der Waals surface area contributed by atoms with Gasteiger partial charge in [0.1, 0.15) is 11.5 Å². The van der Waals surface area contributed by atoms with Gasteiger partial charge in [0.2, 0.25) is 0 Å². The maximum atomic E-state index is 11.8. The second-order valence-electron chi connectivity index (χ2n) is 5.47. The van der Waals surface area contributed by atoms with E-state index in [0.717, 1.165) is 11.1 Å². The molecule has 0 bridgehead atoms. The average Bonchev–Trinajstić information content (AvgIpc) is 2.63. The fourth-order valence-electron chi connectivity index (χ4n) is 2.45. The number of carbonyl (C=O) groups is 1. The summed E-state index contributed by atoms with van der Waals surface area (Å²) in [5, 5.41) is 0. The summed E-state index contributed by atoms with van der Waals surface area (Å²) in [5.74, 6) is 1.07. The number of esters is 1. The molecule has 25 heavy (non-hydrogen) atoms. The molecule has 7 heteroatoms. The molecule has 1 aromatic heterocycles. The third-order valence-corrected chi connectivity index (χ3v) is 3.80. The first kappa shape index (κ1) is 18.5. The first-order valence-electron chi connectivity index (χ1n) is 7.75. The molecule has 0 saturated carbocycles. The Hall–Kier alpha value is -2.80. The van der Waals surface area contributed by atoms with Crippen LogP contribution in [0.1, 0.15) is 11.1 Å². The summed E-state index contributed by atoms with van der Waals surface area (Å²) in [4.78, 5) is 17.8. The number of aromatic nitrogens is 1. The van der Waals surface area contributed by atoms with Gasteiger partial charge in [0.25, 0.3) is 0 Å². The van der Waals surface area contributed by atoms with E-state index in [2.05, 4.69) is 4.98 Å². The molecule has 0 aliphatic carbocycles. The van der Waals surface area contributed by atoms with Crippen molar-refractivity contribution >= 4 is 11.7 Å². The number of anilines is 1. The van der Waals surface area contributed by atoms with E-state index in [-0.39, 0.29) is 12.5 Å². The lowest BCUT2D eigenvalue weighted by Crippen LogP contribution is -2.30. The van der Waals surface area contributed by atoms with Crippen molar-refractivity contribution in [3.63, 3.8) is 0 Å². The number of methoxy groups -OCH3 is 3. The number of rotatable bonds is 8. The molecule has 0 spiro atoms. The number of nitrogens with zero attached hydrogens (tertiary/aromatic N) is 2. The molecule has 7 nitrogen and oxygen atoms in total. The summed E-state index contributed by atoms with van der Waals surface area (Å²) in [7, 11) is 4.57. The Bertz CT molecular complexity index is 721. The van der Waals surface area contributed by atoms with Crippen LogP contribution in [0.25, 0.3) is 0 Å². The first-order valence-corrected chi connectivity index (χ1v) is 7.75.